The number of esters is 2. The molecule has 0 heterocycles. The number of nitrogens with two attached hydrogens (primary N) is 1. The third-order valence-electron chi connectivity index (χ3n) is 15.7. The van der Waals surface area contributed by atoms with E-state index in [1.54, 1.807) is 0 Å². The van der Waals surface area contributed by atoms with Gasteiger partial charge in [0.05, 0.1) is 13.2 Å². The van der Waals surface area contributed by atoms with E-state index in [2.05, 4.69) is 13.8 Å². The van der Waals surface area contributed by atoms with Crippen LogP contribution >= 0.6 is 7.82 Å². The summed E-state index contributed by atoms with van der Waals surface area (Å²) in [4.78, 5) is 35.3. The Balaban J connectivity index is 3.81. The minimum Gasteiger partial charge on any atom is -0.462 e. The van der Waals surface area contributed by atoms with Gasteiger partial charge >= 0.3 is 19.8 Å². The number of hydrogen-bond acceptors (Lipinski definition) is 8. The normalized spacial score (nSPS) is 12.8. The standard InChI is InChI=1S/C66H132NO8P/c1-3-5-7-9-11-13-15-17-19-21-23-25-27-29-31-33-35-37-39-41-43-45-47-49-51-53-55-57-59-66(69)75-64(63-74-76(70,71)73-61-60-67)62-72-65(68)58-56-54-52-50-48-46-44-42-40-38-36-34-32-30-28-26-24-22-20-18-16-14-12-10-8-6-4-2/h64H,3-63,67H2,1-2H3,(H,70,71). The summed E-state index contributed by atoms with van der Waals surface area (Å²) in [6.07, 6.45) is 73.4. The summed E-state index contributed by atoms with van der Waals surface area (Å²) in [5.74, 6) is -0.798. The molecule has 0 aromatic carbocycles. The zero-order chi connectivity index (χ0) is 55.2. The minimum absolute atomic E-state index is 0.0588. The van der Waals surface area contributed by atoms with Crippen LogP contribution in [0.2, 0.25) is 0 Å². The van der Waals surface area contributed by atoms with Crippen LogP contribution in [0.25, 0.3) is 0 Å². The molecule has 76 heavy (non-hydrogen) atoms. The lowest BCUT2D eigenvalue weighted by atomic mass is 10.0. The van der Waals surface area contributed by atoms with Gasteiger partial charge in [-0.3, -0.25) is 18.6 Å². The second-order valence-corrected chi connectivity index (χ2v) is 24.9. The fourth-order valence-corrected chi connectivity index (χ4v) is 11.5. The number of phosphoric acid groups is 1. The molecule has 3 N–H and O–H groups in total. The molecule has 2 atom stereocenters. The van der Waals surface area contributed by atoms with Gasteiger partial charge in [0, 0.05) is 19.4 Å². The molecule has 0 amide bonds. The highest BCUT2D eigenvalue weighted by molar-refractivity contribution is 7.47. The van der Waals surface area contributed by atoms with Crippen LogP contribution < -0.4 is 5.73 Å². The van der Waals surface area contributed by atoms with E-state index < -0.39 is 26.5 Å². The van der Waals surface area contributed by atoms with E-state index in [-0.39, 0.29) is 32.1 Å². The third-order valence-corrected chi connectivity index (χ3v) is 16.7. The Bertz CT molecular complexity index is 1210. The quantitative estimate of drug-likeness (QED) is 0.0347. The van der Waals surface area contributed by atoms with Crippen molar-refractivity contribution in [2.24, 2.45) is 5.73 Å². The van der Waals surface area contributed by atoms with Gasteiger partial charge in [-0.05, 0) is 12.8 Å². The van der Waals surface area contributed by atoms with Gasteiger partial charge in [0.1, 0.15) is 6.61 Å². The van der Waals surface area contributed by atoms with Crippen molar-refractivity contribution < 1.29 is 37.6 Å². The van der Waals surface area contributed by atoms with E-state index in [1.807, 2.05) is 0 Å². The van der Waals surface area contributed by atoms with E-state index in [0.717, 1.165) is 32.1 Å². The van der Waals surface area contributed by atoms with Gasteiger partial charge in [0.15, 0.2) is 6.10 Å². The Morgan fingerprint density at radius 2 is 0.566 bits per heavy atom. The van der Waals surface area contributed by atoms with Crippen molar-refractivity contribution >= 4 is 19.8 Å². The summed E-state index contributed by atoms with van der Waals surface area (Å²) in [5.41, 5.74) is 5.40. The molecular formula is C66H132NO8P. The zero-order valence-corrected chi connectivity index (χ0v) is 51.9. The fourth-order valence-electron chi connectivity index (χ4n) is 10.7. The summed E-state index contributed by atoms with van der Waals surface area (Å²) < 4.78 is 33.2. The smallest absolute Gasteiger partial charge is 0.462 e. The average Bonchev–Trinajstić information content (AvgIpc) is 3.41. The molecule has 0 aromatic rings. The molecule has 0 aliphatic carbocycles. The van der Waals surface area contributed by atoms with Gasteiger partial charge in [-0.2, -0.15) is 0 Å². The molecule has 10 heteroatoms. The first-order chi connectivity index (χ1) is 37.3. The number of unbranched alkanes of at least 4 members (excludes halogenated alkanes) is 53. The van der Waals surface area contributed by atoms with Crippen molar-refractivity contribution in [1.82, 2.24) is 0 Å². The Hall–Kier alpha value is -0.990. The molecule has 0 radical (unpaired) electrons. The first-order valence-corrected chi connectivity index (χ1v) is 35.5. The highest BCUT2D eigenvalue weighted by atomic mass is 31.2. The first-order valence-electron chi connectivity index (χ1n) is 34.0. The monoisotopic (exact) mass is 1100 g/mol. The van der Waals surface area contributed by atoms with Crippen LogP contribution in [-0.4, -0.2) is 49.3 Å². The van der Waals surface area contributed by atoms with E-state index in [0.29, 0.717) is 12.8 Å². The Labute approximate surface area is 473 Å². The van der Waals surface area contributed by atoms with Gasteiger partial charge in [0.2, 0.25) is 0 Å². The van der Waals surface area contributed by atoms with E-state index >= 15 is 0 Å². The van der Waals surface area contributed by atoms with Crippen molar-refractivity contribution in [3.8, 4) is 0 Å². The number of rotatable bonds is 66. The maximum atomic E-state index is 12.7. The molecule has 0 fully saturated rings. The summed E-state index contributed by atoms with van der Waals surface area (Å²) >= 11 is 0. The van der Waals surface area contributed by atoms with Crippen LogP contribution in [0.5, 0.6) is 0 Å². The van der Waals surface area contributed by atoms with Crippen molar-refractivity contribution in [2.75, 3.05) is 26.4 Å². The highest BCUT2D eigenvalue weighted by Crippen LogP contribution is 2.43. The number of carbonyl (C=O) groups is 2. The van der Waals surface area contributed by atoms with Crippen LogP contribution in [0.4, 0.5) is 0 Å². The molecule has 0 bridgehead atoms. The number of carbonyl (C=O) groups excluding carboxylic acids is 2. The number of hydrogen-bond donors (Lipinski definition) is 2. The zero-order valence-electron chi connectivity index (χ0n) is 51.0. The highest BCUT2D eigenvalue weighted by Gasteiger charge is 2.26. The second-order valence-electron chi connectivity index (χ2n) is 23.4. The van der Waals surface area contributed by atoms with Gasteiger partial charge in [-0.25, -0.2) is 4.57 Å². The Kier molecular flexibility index (Phi) is 62.4. The molecular weight excluding hydrogens is 966 g/mol. The lowest BCUT2D eigenvalue weighted by molar-refractivity contribution is -0.161. The summed E-state index contributed by atoms with van der Waals surface area (Å²) in [6, 6.07) is 0. The summed E-state index contributed by atoms with van der Waals surface area (Å²) in [7, 11) is -4.38. The Morgan fingerprint density at radius 3 is 0.803 bits per heavy atom. The molecule has 454 valence electrons. The average molecular weight is 1100 g/mol. The predicted octanol–water partition coefficient (Wildman–Crippen LogP) is 21.8. The summed E-state index contributed by atoms with van der Waals surface area (Å²) in [6.45, 7) is 3.84. The second kappa shape index (κ2) is 63.2. The van der Waals surface area contributed by atoms with Crippen LogP contribution in [0, 0.1) is 0 Å². The van der Waals surface area contributed by atoms with Crippen LogP contribution in [-0.2, 0) is 32.7 Å². The molecule has 0 saturated heterocycles. The van der Waals surface area contributed by atoms with E-state index in [4.69, 9.17) is 24.3 Å². The van der Waals surface area contributed by atoms with Crippen molar-refractivity contribution in [1.29, 1.82) is 0 Å². The largest absolute Gasteiger partial charge is 0.472 e. The molecule has 0 rings (SSSR count). The van der Waals surface area contributed by atoms with E-state index in [1.165, 1.54) is 315 Å². The number of ether oxygens (including phenoxy) is 2. The maximum Gasteiger partial charge on any atom is 0.472 e. The molecule has 0 spiro atoms. The molecule has 0 saturated carbocycles. The molecule has 0 aromatic heterocycles. The SMILES string of the molecule is CCCCCCCCCCCCCCCCCCCCCCCCCCCCCCC(=O)OC(COC(=O)CCCCCCCCCCCCCCCCCCCCCCCCCCCCC)COP(=O)(O)OCCN. The topological polar surface area (TPSA) is 134 Å². The lowest BCUT2D eigenvalue weighted by Crippen LogP contribution is -2.29. The van der Waals surface area contributed by atoms with Crippen LogP contribution in [0.1, 0.15) is 380 Å². The van der Waals surface area contributed by atoms with Crippen molar-refractivity contribution in [3.63, 3.8) is 0 Å². The predicted molar refractivity (Wildman–Crippen MR) is 326 cm³/mol. The maximum absolute atomic E-state index is 12.7. The van der Waals surface area contributed by atoms with Gasteiger partial charge in [-0.1, -0.05) is 354 Å². The van der Waals surface area contributed by atoms with Crippen LogP contribution in [0.15, 0.2) is 0 Å². The minimum atomic E-state index is -4.38. The molecule has 0 aliphatic rings. The van der Waals surface area contributed by atoms with Crippen LogP contribution in [0.3, 0.4) is 0 Å². The molecule has 0 aliphatic heterocycles. The molecule has 9 nitrogen and oxygen atoms in total. The summed E-state index contributed by atoms with van der Waals surface area (Å²) in [5, 5.41) is 0. The van der Waals surface area contributed by atoms with Crippen molar-refractivity contribution in [2.45, 2.75) is 386 Å². The lowest BCUT2D eigenvalue weighted by Gasteiger charge is -2.19. The van der Waals surface area contributed by atoms with Crippen molar-refractivity contribution in [3.05, 3.63) is 0 Å². The van der Waals surface area contributed by atoms with Gasteiger partial charge < -0.3 is 20.1 Å². The van der Waals surface area contributed by atoms with E-state index in [9.17, 15) is 19.0 Å². The third kappa shape index (κ3) is 62.2. The fraction of sp³-hybridized carbons (Fsp3) is 0.970. The van der Waals surface area contributed by atoms with Gasteiger partial charge in [-0.15, -0.1) is 0 Å². The number of phosphoric ester groups is 1. The molecule has 2 unspecified atom stereocenters. The van der Waals surface area contributed by atoms with Gasteiger partial charge in [0.25, 0.3) is 0 Å². The Morgan fingerprint density at radius 1 is 0.342 bits per heavy atom. The first kappa shape index (κ1) is 75.0.